The molecule has 1 fully saturated rings. The highest BCUT2D eigenvalue weighted by molar-refractivity contribution is 7.80. The van der Waals surface area contributed by atoms with Crippen LogP contribution in [0.4, 0.5) is 5.69 Å². The van der Waals surface area contributed by atoms with Crippen LogP contribution in [0.25, 0.3) is 0 Å². The zero-order valence-electron chi connectivity index (χ0n) is 12.5. The quantitative estimate of drug-likeness (QED) is 0.866. The van der Waals surface area contributed by atoms with Crippen LogP contribution in [0.15, 0.2) is 24.3 Å². The molecule has 0 radical (unpaired) electrons. The zero-order chi connectivity index (χ0) is 15.2. The first-order chi connectivity index (χ1) is 10.1. The lowest BCUT2D eigenvalue weighted by Gasteiger charge is -2.26. The van der Waals surface area contributed by atoms with Gasteiger partial charge in [-0.3, -0.25) is 4.79 Å². The maximum Gasteiger partial charge on any atom is 0.242 e. The molecule has 0 aliphatic carbocycles. The first-order valence-corrected chi connectivity index (χ1v) is 7.88. The Bertz CT molecular complexity index is 510. The smallest absolute Gasteiger partial charge is 0.242 e. The van der Waals surface area contributed by atoms with E-state index >= 15 is 0 Å². The number of benzene rings is 1. The lowest BCUT2D eigenvalue weighted by atomic mass is 10.1. The second-order valence-electron chi connectivity index (χ2n) is 5.53. The van der Waals surface area contributed by atoms with E-state index in [0.29, 0.717) is 11.5 Å². The van der Waals surface area contributed by atoms with Crippen molar-refractivity contribution in [2.45, 2.75) is 25.7 Å². The molecule has 1 aliphatic rings. The average Bonchev–Trinajstić information content (AvgIpc) is 2.76. The van der Waals surface area contributed by atoms with Crippen LogP contribution in [0.1, 0.15) is 31.2 Å². The molecule has 114 valence electrons. The third-order valence-corrected chi connectivity index (χ3v) is 4.13. The minimum Gasteiger partial charge on any atom is -0.389 e. The van der Waals surface area contributed by atoms with Gasteiger partial charge < -0.3 is 15.5 Å². The highest BCUT2D eigenvalue weighted by Crippen LogP contribution is 2.19. The molecule has 21 heavy (non-hydrogen) atoms. The van der Waals surface area contributed by atoms with Crippen LogP contribution in [0.5, 0.6) is 0 Å². The summed E-state index contributed by atoms with van der Waals surface area (Å²) in [6.45, 7) is 2.12. The highest BCUT2D eigenvalue weighted by Gasteiger charge is 2.18. The lowest BCUT2D eigenvalue weighted by molar-refractivity contribution is -0.129. The molecule has 1 aromatic rings. The predicted molar refractivity (Wildman–Crippen MR) is 90.6 cm³/mol. The Morgan fingerprint density at radius 2 is 1.86 bits per heavy atom. The third kappa shape index (κ3) is 4.17. The lowest BCUT2D eigenvalue weighted by Crippen LogP contribution is -2.40. The Morgan fingerprint density at radius 1 is 1.24 bits per heavy atom. The molecule has 1 saturated heterocycles. The zero-order valence-corrected chi connectivity index (χ0v) is 13.4. The molecule has 2 N–H and O–H groups in total. The Morgan fingerprint density at radius 3 is 2.48 bits per heavy atom. The highest BCUT2D eigenvalue weighted by atomic mass is 32.1. The number of nitrogens with two attached hydrogens (primary N) is 1. The number of likely N-dealkylation sites (N-methyl/N-ethyl adjacent to an activating group) is 1. The first kappa shape index (κ1) is 15.8. The summed E-state index contributed by atoms with van der Waals surface area (Å²) < 4.78 is 0. The third-order valence-electron chi connectivity index (χ3n) is 3.91. The monoisotopic (exact) mass is 305 g/mol. The molecule has 1 aliphatic heterocycles. The molecule has 0 spiro atoms. The Kier molecular flexibility index (Phi) is 5.56. The number of hydrogen-bond donors (Lipinski definition) is 1. The van der Waals surface area contributed by atoms with Gasteiger partial charge in [-0.25, -0.2) is 0 Å². The molecule has 5 heteroatoms. The maximum atomic E-state index is 12.4. The normalized spacial score (nSPS) is 15.4. The SMILES string of the molecule is CN(CC(=O)N1CCCCCC1)c1ccccc1C(N)=S. The van der Waals surface area contributed by atoms with E-state index in [-0.39, 0.29) is 5.91 Å². The van der Waals surface area contributed by atoms with Gasteiger partial charge in [-0.1, -0.05) is 37.2 Å². The van der Waals surface area contributed by atoms with Crippen molar-refractivity contribution in [3.63, 3.8) is 0 Å². The molecule has 4 nitrogen and oxygen atoms in total. The molecule has 0 aromatic heterocycles. The van der Waals surface area contributed by atoms with E-state index in [1.54, 1.807) is 0 Å². The topological polar surface area (TPSA) is 49.6 Å². The van der Waals surface area contributed by atoms with Crippen LogP contribution in [0, 0.1) is 0 Å². The molecular formula is C16H23N3OS. The van der Waals surface area contributed by atoms with E-state index in [9.17, 15) is 4.79 Å². The number of thiocarbonyl (C=S) groups is 1. The van der Waals surface area contributed by atoms with Gasteiger partial charge in [-0.2, -0.15) is 0 Å². The van der Waals surface area contributed by atoms with E-state index in [1.165, 1.54) is 12.8 Å². The summed E-state index contributed by atoms with van der Waals surface area (Å²) in [4.78, 5) is 16.7. The van der Waals surface area contributed by atoms with E-state index < -0.39 is 0 Å². The Balaban J connectivity index is 2.05. The van der Waals surface area contributed by atoms with Crippen molar-refractivity contribution in [1.82, 2.24) is 4.90 Å². The molecular weight excluding hydrogens is 282 g/mol. The summed E-state index contributed by atoms with van der Waals surface area (Å²) in [6.07, 6.45) is 4.67. The van der Waals surface area contributed by atoms with Crippen molar-refractivity contribution >= 4 is 28.8 Å². The molecule has 1 amide bonds. The minimum atomic E-state index is 0.178. The van der Waals surface area contributed by atoms with Gasteiger partial charge in [-0.05, 0) is 25.0 Å². The van der Waals surface area contributed by atoms with Crippen LogP contribution < -0.4 is 10.6 Å². The number of anilines is 1. The molecule has 1 aromatic carbocycles. The van der Waals surface area contributed by atoms with Crippen LogP contribution in [-0.2, 0) is 4.79 Å². The van der Waals surface area contributed by atoms with Crippen LogP contribution in [0.3, 0.4) is 0 Å². The first-order valence-electron chi connectivity index (χ1n) is 7.47. The Labute approximate surface area is 131 Å². The van der Waals surface area contributed by atoms with Gasteiger partial charge in [0.2, 0.25) is 5.91 Å². The summed E-state index contributed by atoms with van der Waals surface area (Å²) in [5.41, 5.74) is 7.48. The summed E-state index contributed by atoms with van der Waals surface area (Å²) in [5, 5.41) is 0. The summed E-state index contributed by atoms with van der Waals surface area (Å²) in [5.74, 6) is 0.178. The summed E-state index contributed by atoms with van der Waals surface area (Å²) in [6, 6.07) is 7.68. The van der Waals surface area contributed by atoms with E-state index in [1.807, 2.05) is 41.1 Å². The largest absolute Gasteiger partial charge is 0.389 e. The van der Waals surface area contributed by atoms with E-state index in [2.05, 4.69) is 0 Å². The number of amides is 1. The second-order valence-corrected chi connectivity index (χ2v) is 5.97. The number of carbonyl (C=O) groups is 1. The van der Waals surface area contributed by atoms with Gasteiger partial charge in [-0.15, -0.1) is 0 Å². The van der Waals surface area contributed by atoms with Gasteiger partial charge >= 0.3 is 0 Å². The van der Waals surface area contributed by atoms with Crippen LogP contribution >= 0.6 is 12.2 Å². The number of rotatable bonds is 4. The van der Waals surface area contributed by atoms with Gasteiger partial charge in [0.05, 0.1) is 6.54 Å². The number of carbonyl (C=O) groups excluding carboxylic acids is 1. The average molecular weight is 305 g/mol. The molecule has 0 saturated carbocycles. The van der Waals surface area contributed by atoms with Gasteiger partial charge in [0.15, 0.2) is 0 Å². The Hall–Kier alpha value is -1.62. The van der Waals surface area contributed by atoms with Gasteiger partial charge in [0.1, 0.15) is 4.99 Å². The predicted octanol–water partition coefficient (Wildman–Crippen LogP) is 2.16. The van der Waals surface area contributed by atoms with E-state index in [0.717, 1.165) is 37.2 Å². The van der Waals surface area contributed by atoms with Crippen molar-refractivity contribution in [2.24, 2.45) is 5.73 Å². The molecule has 0 atom stereocenters. The van der Waals surface area contributed by atoms with Gasteiger partial charge in [0.25, 0.3) is 0 Å². The number of nitrogens with zero attached hydrogens (tertiary/aromatic N) is 2. The van der Waals surface area contributed by atoms with Crippen LogP contribution in [0.2, 0.25) is 0 Å². The fourth-order valence-electron chi connectivity index (χ4n) is 2.72. The fraction of sp³-hybridized carbons (Fsp3) is 0.500. The fourth-order valence-corrected chi connectivity index (χ4v) is 2.90. The number of para-hydroxylation sites is 1. The molecule has 0 unspecified atom stereocenters. The number of hydrogen-bond acceptors (Lipinski definition) is 3. The maximum absolute atomic E-state index is 12.4. The van der Waals surface area contributed by atoms with Crippen molar-refractivity contribution in [2.75, 3.05) is 31.6 Å². The summed E-state index contributed by atoms with van der Waals surface area (Å²) in [7, 11) is 1.91. The molecule has 1 heterocycles. The molecule has 2 rings (SSSR count). The van der Waals surface area contributed by atoms with Gasteiger partial charge in [0, 0.05) is 31.4 Å². The van der Waals surface area contributed by atoms with Crippen molar-refractivity contribution < 1.29 is 4.79 Å². The minimum absolute atomic E-state index is 0.178. The van der Waals surface area contributed by atoms with Crippen molar-refractivity contribution in [3.8, 4) is 0 Å². The van der Waals surface area contributed by atoms with Crippen molar-refractivity contribution in [1.29, 1.82) is 0 Å². The van der Waals surface area contributed by atoms with E-state index in [4.69, 9.17) is 18.0 Å². The number of likely N-dealkylation sites (tertiary alicyclic amines) is 1. The molecule has 0 bridgehead atoms. The van der Waals surface area contributed by atoms with Crippen molar-refractivity contribution in [3.05, 3.63) is 29.8 Å². The standard InChI is InChI=1S/C16H23N3OS/c1-18(14-9-5-4-8-13(14)16(17)21)12-15(20)19-10-6-2-3-7-11-19/h4-5,8-9H,2-3,6-7,10-12H2,1H3,(H2,17,21). The second kappa shape index (κ2) is 7.41. The van der Waals surface area contributed by atoms with Crippen LogP contribution in [-0.4, -0.2) is 42.5 Å². The summed E-state index contributed by atoms with van der Waals surface area (Å²) >= 11 is 5.08.